The first-order valence-electron chi connectivity index (χ1n) is 6.20. The summed E-state index contributed by atoms with van der Waals surface area (Å²) >= 11 is 4.66. The van der Waals surface area contributed by atoms with Crippen LogP contribution < -0.4 is 0 Å². The maximum atomic E-state index is 12.8. The third kappa shape index (κ3) is 5.77. The highest BCUT2D eigenvalue weighted by Gasteiger charge is 2.64. The first kappa shape index (κ1) is 24.5. The molecule has 0 aromatic carbocycles. The van der Waals surface area contributed by atoms with Crippen molar-refractivity contribution in [3.05, 3.63) is 10.7 Å². The zero-order valence-corrected chi connectivity index (χ0v) is 13.5. The summed E-state index contributed by atoms with van der Waals surface area (Å²) in [7, 11) is 0.856. The summed E-state index contributed by atoms with van der Waals surface area (Å²) in [6.07, 6.45) is -17.5. The van der Waals surface area contributed by atoms with Crippen LogP contribution in [0.15, 0.2) is 10.7 Å². The van der Waals surface area contributed by atoms with Crippen LogP contribution in [0.3, 0.4) is 0 Å². The lowest BCUT2D eigenvalue weighted by Crippen LogP contribution is -2.52. The molecule has 154 valence electrons. The van der Waals surface area contributed by atoms with Crippen molar-refractivity contribution in [2.45, 2.75) is 24.5 Å². The van der Waals surface area contributed by atoms with Gasteiger partial charge in [0.25, 0.3) is 0 Å². The maximum Gasteiger partial charge on any atom is 0.463 e. The summed E-state index contributed by atoms with van der Waals surface area (Å²) in [5.41, 5.74) is -2.39. The van der Waals surface area contributed by atoms with Gasteiger partial charge in [0, 0.05) is 27.2 Å². The molecule has 15 heteroatoms. The third-order valence-electron chi connectivity index (χ3n) is 2.85. The number of alkyl halides is 11. The van der Waals surface area contributed by atoms with Gasteiger partial charge in [-0.3, -0.25) is 4.79 Å². The van der Waals surface area contributed by atoms with Crippen LogP contribution in [0.5, 0.6) is 0 Å². The molecule has 0 aliphatic rings. The van der Waals surface area contributed by atoms with E-state index in [-0.39, 0.29) is 9.80 Å². The van der Waals surface area contributed by atoms with Crippen LogP contribution in [0.2, 0.25) is 0 Å². The molecule has 0 heterocycles. The van der Waals surface area contributed by atoms with Crippen molar-refractivity contribution in [3.63, 3.8) is 0 Å². The zero-order chi connectivity index (χ0) is 21.3. The second kappa shape index (κ2) is 7.64. The summed E-state index contributed by atoms with van der Waals surface area (Å²) in [6, 6.07) is 0. The van der Waals surface area contributed by atoms with Crippen LogP contribution in [0.25, 0.3) is 0 Å². The minimum atomic E-state index is -6.25. The summed E-state index contributed by atoms with van der Waals surface area (Å²) in [5, 5.41) is -2.57. The second-order valence-corrected chi connectivity index (χ2v) is 5.26. The number of hydrogen-bond acceptors (Lipinski definition) is 2. The van der Waals surface area contributed by atoms with E-state index < -0.39 is 54.2 Å². The summed E-state index contributed by atoms with van der Waals surface area (Å²) in [6.45, 7) is -2.35. The van der Waals surface area contributed by atoms with Crippen molar-refractivity contribution in [1.29, 1.82) is 0 Å². The molecule has 0 saturated heterocycles. The largest absolute Gasteiger partial charge is 0.463 e. The van der Waals surface area contributed by atoms with E-state index in [0.717, 1.165) is 0 Å². The molecule has 0 aliphatic carbocycles. The number of allylic oxidation sites excluding steroid dienone is 2. The summed E-state index contributed by atoms with van der Waals surface area (Å²) < 4.78 is 137. The fraction of sp³-hybridized carbons (Fsp3) is 0.727. The molecule has 0 bridgehead atoms. The number of hydrogen-bond donors (Lipinski definition) is 0. The Balaban J connectivity index is 5.40. The molecule has 0 atom stereocenters. The van der Waals surface area contributed by atoms with Crippen molar-refractivity contribution < 1.29 is 53.1 Å². The highest BCUT2D eigenvalue weighted by Crippen LogP contribution is 2.40. The van der Waals surface area contributed by atoms with Gasteiger partial charge in [0.1, 0.15) is 10.7 Å². The lowest BCUT2D eigenvalue weighted by Gasteiger charge is -2.29. The quantitative estimate of drug-likeness (QED) is 0.612. The SMILES string of the molecule is CN(CCN(C)/C(=C(/Cl)C(F)(F)F)C(F)(F)F)C(=O)C(F)(F)C(F)(F)F. The lowest BCUT2D eigenvalue weighted by atomic mass is 10.2. The first-order chi connectivity index (χ1) is 11.2. The minimum Gasteiger partial charge on any atom is -0.368 e. The van der Waals surface area contributed by atoms with Gasteiger partial charge < -0.3 is 9.80 Å². The fourth-order valence-electron chi connectivity index (χ4n) is 1.52. The van der Waals surface area contributed by atoms with Crippen LogP contribution in [0.1, 0.15) is 0 Å². The third-order valence-corrected chi connectivity index (χ3v) is 3.24. The van der Waals surface area contributed by atoms with Gasteiger partial charge in [-0.15, -0.1) is 0 Å². The van der Waals surface area contributed by atoms with Crippen LogP contribution in [-0.4, -0.2) is 67.3 Å². The fourth-order valence-corrected chi connectivity index (χ4v) is 1.77. The maximum absolute atomic E-state index is 12.8. The van der Waals surface area contributed by atoms with E-state index in [4.69, 9.17) is 0 Å². The van der Waals surface area contributed by atoms with Crippen LogP contribution >= 0.6 is 11.6 Å². The van der Waals surface area contributed by atoms with Crippen molar-refractivity contribution >= 4 is 17.5 Å². The van der Waals surface area contributed by atoms with Gasteiger partial charge in [-0.2, -0.15) is 48.3 Å². The number of nitrogens with zero attached hydrogens (tertiary/aromatic N) is 2. The Hall–Kier alpha value is -1.47. The standard InChI is InChI=1S/C11H10ClF11N2O/c1-24(6(10(18,19)20)5(12)9(15,16)17)3-4-25(2)7(26)8(13,14)11(21,22)23/h3-4H2,1-2H3/b6-5+. The monoisotopic (exact) mass is 430 g/mol. The van der Waals surface area contributed by atoms with E-state index in [9.17, 15) is 53.1 Å². The summed E-state index contributed by atoms with van der Waals surface area (Å²) in [5.74, 6) is -8.59. The van der Waals surface area contributed by atoms with E-state index in [1.54, 1.807) is 0 Å². The number of carbonyl (C=O) groups is 1. The topological polar surface area (TPSA) is 23.6 Å². The Bertz CT molecular complexity index is 550. The highest BCUT2D eigenvalue weighted by molar-refractivity contribution is 6.30. The van der Waals surface area contributed by atoms with Gasteiger partial charge in [0.15, 0.2) is 0 Å². The Morgan fingerprint density at radius 3 is 1.46 bits per heavy atom. The molecule has 0 radical (unpaired) electrons. The molecule has 0 rings (SSSR count). The highest BCUT2D eigenvalue weighted by atomic mass is 35.5. The molecular formula is C11H10ClF11N2O. The number of amides is 1. The van der Waals surface area contributed by atoms with Crippen LogP contribution in [0, 0.1) is 0 Å². The molecule has 0 spiro atoms. The number of halogens is 12. The number of likely N-dealkylation sites (N-methyl/N-ethyl adjacent to an activating group) is 2. The molecule has 0 saturated carbocycles. The van der Waals surface area contributed by atoms with Gasteiger partial charge in [0.2, 0.25) is 0 Å². The molecule has 0 unspecified atom stereocenters. The number of carbonyl (C=O) groups excluding carboxylic acids is 1. The molecule has 1 amide bonds. The summed E-state index contributed by atoms with van der Waals surface area (Å²) in [4.78, 5) is 10.7. The molecular weight excluding hydrogens is 421 g/mol. The van der Waals surface area contributed by atoms with E-state index >= 15 is 0 Å². The van der Waals surface area contributed by atoms with Gasteiger partial charge in [-0.1, -0.05) is 11.6 Å². The van der Waals surface area contributed by atoms with Gasteiger partial charge >= 0.3 is 30.4 Å². The second-order valence-electron chi connectivity index (χ2n) is 4.88. The minimum absolute atomic E-state index is 0.161. The average molecular weight is 431 g/mol. The van der Waals surface area contributed by atoms with Crippen LogP contribution in [-0.2, 0) is 4.79 Å². The number of rotatable bonds is 5. The van der Waals surface area contributed by atoms with E-state index in [0.29, 0.717) is 14.1 Å². The average Bonchev–Trinajstić information content (AvgIpc) is 2.40. The zero-order valence-electron chi connectivity index (χ0n) is 12.8. The predicted molar refractivity (Wildman–Crippen MR) is 66.3 cm³/mol. The molecule has 3 nitrogen and oxygen atoms in total. The van der Waals surface area contributed by atoms with Gasteiger partial charge in [-0.25, -0.2) is 0 Å². The van der Waals surface area contributed by atoms with E-state index in [2.05, 4.69) is 11.6 Å². The van der Waals surface area contributed by atoms with Gasteiger partial charge in [0.05, 0.1) is 0 Å². The normalized spacial score (nSPS) is 14.8. The van der Waals surface area contributed by atoms with Crippen molar-refractivity contribution in [1.82, 2.24) is 9.80 Å². The van der Waals surface area contributed by atoms with Crippen LogP contribution in [0.4, 0.5) is 48.3 Å². The van der Waals surface area contributed by atoms with Crippen molar-refractivity contribution in [3.8, 4) is 0 Å². The van der Waals surface area contributed by atoms with E-state index in [1.165, 1.54) is 0 Å². The Morgan fingerprint density at radius 1 is 0.769 bits per heavy atom. The van der Waals surface area contributed by atoms with Crippen molar-refractivity contribution in [2.75, 3.05) is 27.2 Å². The van der Waals surface area contributed by atoms with E-state index in [1.807, 2.05) is 0 Å². The first-order valence-corrected chi connectivity index (χ1v) is 6.57. The molecule has 0 aliphatic heterocycles. The molecule has 0 aromatic rings. The molecule has 0 aromatic heterocycles. The molecule has 26 heavy (non-hydrogen) atoms. The van der Waals surface area contributed by atoms with Crippen molar-refractivity contribution in [2.24, 2.45) is 0 Å². The van der Waals surface area contributed by atoms with Gasteiger partial charge in [-0.05, 0) is 0 Å². The Kier molecular flexibility index (Phi) is 7.21. The predicted octanol–water partition coefficient (Wildman–Crippen LogP) is 4.15. The smallest absolute Gasteiger partial charge is 0.368 e. The lowest BCUT2D eigenvalue weighted by molar-refractivity contribution is -0.274. The Morgan fingerprint density at radius 2 is 1.15 bits per heavy atom. The molecule has 0 fully saturated rings. The molecule has 0 N–H and O–H groups in total. The Labute approximate surface area is 144 Å².